The molecule has 5 rings (SSSR count). The number of nitrogens with one attached hydrogen (secondary N) is 1. The highest BCUT2D eigenvalue weighted by atomic mass is 35.5. The van der Waals surface area contributed by atoms with E-state index in [1.54, 1.807) is 0 Å². The van der Waals surface area contributed by atoms with Gasteiger partial charge in [0.1, 0.15) is 5.82 Å². The Morgan fingerprint density at radius 1 is 0.853 bits per heavy atom. The maximum atomic E-state index is 12.4. The predicted molar refractivity (Wildman–Crippen MR) is 139 cm³/mol. The van der Waals surface area contributed by atoms with Crippen molar-refractivity contribution in [2.75, 3.05) is 6.54 Å². The van der Waals surface area contributed by atoms with Crippen molar-refractivity contribution < 1.29 is 4.79 Å². The van der Waals surface area contributed by atoms with Crippen LogP contribution in [0, 0.1) is 0 Å². The molecular formula is C29H26ClN3O. The first-order valence-electron chi connectivity index (χ1n) is 11.6. The number of aromatic nitrogens is 2. The molecule has 0 aliphatic rings. The molecule has 0 saturated heterocycles. The Morgan fingerprint density at radius 3 is 2.50 bits per heavy atom. The lowest BCUT2D eigenvalue weighted by Gasteiger charge is -2.12. The topological polar surface area (TPSA) is 46.9 Å². The van der Waals surface area contributed by atoms with Crippen LogP contribution in [0.4, 0.5) is 0 Å². The maximum absolute atomic E-state index is 12.4. The van der Waals surface area contributed by atoms with Gasteiger partial charge in [0, 0.05) is 24.5 Å². The highest BCUT2D eigenvalue weighted by molar-refractivity contribution is 6.31. The summed E-state index contributed by atoms with van der Waals surface area (Å²) < 4.78 is 2.31. The second-order valence-corrected chi connectivity index (χ2v) is 8.87. The second kappa shape index (κ2) is 10.1. The van der Waals surface area contributed by atoms with Crippen molar-refractivity contribution >= 4 is 39.3 Å². The summed E-state index contributed by atoms with van der Waals surface area (Å²) in [5.41, 5.74) is 4.25. The Labute approximate surface area is 204 Å². The van der Waals surface area contributed by atoms with Gasteiger partial charge in [0.25, 0.3) is 0 Å². The quantitative estimate of drug-likeness (QED) is 0.277. The molecule has 1 aromatic heterocycles. The third kappa shape index (κ3) is 4.82. The second-order valence-electron chi connectivity index (χ2n) is 8.46. The minimum atomic E-state index is -0.0163. The Kier molecular flexibility index (Phi) is 6.59. The normalized spacial score (nSPS) is 11.2. The summed E-state index contributed by atoms with van der Waals surface area (Å²) in [4.78, 5) is 17.3. The van der Waals surface area contributed by atoms with Gasteiger partial charge in [-0.2, -0.15) is 0 Å². The van der Waals surface area contributed by atoms with E-state index in [-0.39, 0.29) is 5.91 Å². The van der Waals surface area contributed by atoms with Gasteiger partial charge in [0.15, 0.2) is 0 Å². The molecule has 0 fully saturated rings. The van der Waals surface area contributed by atoms with Gasteiger partial charge in [-0.25, -0.2) is 4.98 Å². The summed E-state index contributed by atoms with van der Waals surface area (Å²) in [6, 6.07) is 30.7. The number of para-hydroxylation sites is 2. The Morgan fingerprint density at radius 2 is 1.59 bits per heavy atom. The van der Waals surface area contributed by atoms with Crippen molar-refractivity contribution in [1.82, 2.24) is 14.9 Å². The number of nitrogens with zero attached hydrogens (tertiary/aromatic N) is 2. The minimum absolute atomic E-state index is 0.0163. The number of imidazole rings is 1. The molecule has 4 nitrogen and oxygen atoms in total. The SMILES string of the molecule is O=C(Cc1ccccc1Cl)NCCCc1nc2ccccc2n1Cc1cccc2ccccc12. The van der Waals surface area contributed by atoms with Gasteiger partial charge in [-0.05, 0) is 46.5 Å². The van der Waals surface area contributed by atoms with Crippen molar-refractivity contribution in [2.45, 2.75) is 25.8 Å². The molecule has 0 unspecified atom stereocenters. The van der Waals surface area contributed by atoms with Crippen LogP contribution in [0.5, 0.6) is 0 Å². The van der Waals surface area contributed by atoms with E-state index >= 15 is 0 Å². The summed E-state index contributed by atoms with van der Waals surface area (Å²) >= 11 is 6.18. The number of halogens is 1. The molecule has 0 aliphatic heterocycles. The standard InChI is InChI=1S/C29H26ClN3O/c30-25-14-4-2-10-22(25)19-29(34)31-18-8-17-28-32-26-15-5-6-16-27(26)33(28)20-23-12-7-11-21-9-1-3-13-24(21)23/h1-7,9-16H,8,17-20H2,(H,31,34). The van der Waals surface area contributed by atoms with Crippen LogP contribution in [0.25, 0.3) is 21.8 Å². The largest absolute Gasteiger partial charge is 0.356 e. The molecule has 0 aliphatic carbocycles. The smallest absolute Gasteiger partial charge is 0.224 e. The Balaban J connectivity index is 1.30. The number of aryl methyl sites for hydroxylation is 1. The lowest BCUT2D eigenvalue weighted by molar-refractivity contribution is -0.120. The van der Waals surface area contributed by atoms with Crippen LogP contribution in [0.3, 0.4) is 0 Å². The van der Waals surface area contributed by atoms with Gasteiger partial charge in [-0.1, -0.05) is 84.4 Å². The van der Waals surface area contributed by atoms with Crippen molar-refractivity contribution in [1.29, 1.82) is 0 Å². The number of hydrogen-bond acceptors (Lipinski definition) is 2. The lowest BCUT2D eigenvalue weighted by atomic mass is 10.0. The third-order valence-electron chi connectivity index (χ3n) is 6.15. The van der Waals surface area contributed by atoms with Crippen LogP contribution in [-0.4, -0.2) is 22.0 Å². The zero-order valence-corrected chi connectivity index (χ0v) is 19.6. The van der Waals surface area contributed by atoms with E-state index in [1.807, 2.05) is 30.3 Å². The van der Waals surface area contributed by atoms with Crippen molar-refractivity contribution in [3.05, 3.63) is 113 Å². The van der Waals surface area contributed by atoms with Crippen LogP contribution < -0.4 is 5.32 Å². The van der Waals surface area contributed by atoms with E-state index < -0.39 is 0 Å². The molecule has 0 bridgehead atoms. The van der Waals surface area contributed by atoms with Crippen LogP contribution >= 0.6 is 11.6 Å². The molecular weight excluding hydrogens is 442 g/mol. The zero-order chi connectivity index (χ0) is 23.3. The number of hydrogen-bond donors (Lipinski definition) is 1. The fourth-order valence-corrected chi connectivity index (χ4v) is 4.65. The molecule has 0 atom stereocenters. The molecule has 34 heavy (non-hydrogen) atoms. The fourth-order valence-electron chi connectivity index (χ4n) is 4.44. The summed E-state index contributed by atoms with van der Waals surface area (Å²) in [6.07, 6.45) is 1.89. The Bertz CT molecular complexity index is 1450. The first kappa shape index (κ1) is 22.2. The Hall–Kier alpha value is -3.63. The average Bonchev–Trinajstić information content (AvgIpc) is 3.21. The van der Waals surface area contributed by atoms with E-state index in [0.29, 0.717) is 18.0 Å². The minimum Gasteiger partial charge on any atom is -0.356 e. The van der Waals surface area contributed by atoms with Gasteiger partial charge in [0.05, 0.1) is 17.5 Å². The first-order chi connectivity index (χ1) is 16.7. The highest BCUT2D eigenvalue weighted by Gasteiger charge is 2.13. The van der Waals surface area contributed by atoms with Gasteiger partial charge >= 0.3 is 0 Å². The fraction of sp³-hybridized carbons (Fsp3) is 0.172. The molecule has 0 radical (unpaired) electrons. The highest BCUT2D eigenvalue weighted by Crippen LogP contribution is 2.23. The number of amides is 1. The molecule has 1 heterocycles. The monoisotopic (exact) mass is 467 g/mol. The molecule has 4 aromatic carbocycles. The zero-order valence-electron chi connectivity index (χ0n) is 18.9. The van der Waals surface area contributed by atoms with E-state index in [0.717, 1.165) is 41.8 Å². The number of carbonyl (C=O) groups is 1. The number of carbonyl (C=O) groups excluding carboxylic acids is 1. The average molecular weight is 468 g/mol. The number of benzene rings is 4. The maximum Gasteiger partial charge on any atom is 0.224 e. The van der Waals surface area contributed by atoms with Crippen LogP contribution in [0.15, 0.2) is 91.0 Å². The van der Waals surface area contributed by atoms with E-state index in [9.17, 15) is 4.79 Å². The van der Waals surface area contributed by atoms with E-state index in [2.05, 4.69) is 70.5 Å². The predicted octanol–water partition coefficient (Wildman–Crippen LogP) is 6.18. The lowest BCUT2D eigenvalue weighted by Crippen LogP contribution is -2.26. The van der Waals surface area contributed by atoms with Crippen molar-refractivity contribution in [3.8, 4) is 0 Å². The molecule has 0 saturated carbocycles. The van der Waals surface area contributed by atoms with Gasteiger partial charge in [-0.15, -0.1) is 0 Å². The van der Waals surface area contributed by atoms with Crippen LogP contribution in [0.1, 0.15) is 23.4 Å². The van der Waals surface area contributed by atoms with Gasteiger partial charge in [0.2, 0.25) is 5.91 Å². The van der Waals surface area contributed by atoms with Crippen molar-refractivity contribution in [2.24, 2.45) is 0 Å². The van der Waals surface area contributed by atoms with Crippen LogP contribution in [-0.2, 0) is 24.2 Å². The first-order valence-corrected chi connectivity index (χ1v) is 12.0. The number of rotatable bonds is 8. The van der Waals surface area contributed by atoms with Gasteiger partial charge < -0.3 is 9.88 Å². The van der Waals surface area contributed by atoms with Crippen molar-refractivity contribution in [3.63, 3.8) is 0 Å². The van der Waals surface area contributed by atoms with Crippen LogP contribution in [0.2, 0.25) is 5.02 Å². The van der Waals surface area contributed by atoms with Gasteiger partial charge in [-0.3, -0.25) is 4.79 Å². The molecule has 1 amide bonds. The molecule has 5 aromatic rings. The summed E-state index contributed by atoms with van der Waals surface area (Å²) in [7, 11) is 0. The molecule has 1 N–H and O–H groups in total. The summed E-state index contributed by atoms with van der Waals surface area (Å²) in [6.45, 7) is 1.36. The third-order valence-corrected chi connectivity index (χ3v) is 6.52. The molecule has 0 spiro atoms. The summed E-state index contributed by atoms with van der Waals surface area (Å²) in [5, 5.41) is 6.15. The van der Waals surface area contributed by atoms with E-state index in [4.69, 9.17) is 16.6 Å². The molecule has 5 heteroatoms. The van der Waals surface area contributed by atoms with E-state index in [1.165, 1.54) is 16.3 Å². The molecule has 170 valence electrons. The number of fused-ring (bicyclic) bond motifs is 2. The summed E-state index contributed by atoms with van der Waals surface area (Å²) in [5.74, 6) is 1.02.